The van der Waals surface area contributed by atoms with Gasteiger partial charge in [0, 0.05) is 23.8 Å². The Balaban J connectivity index is 1.95. The van der Waals surface area contributed by atoms with Crippen molar-refractivity contribution in [2.75, 3.05) is 23.8 Å². The molecule has 0 saturated heterocycles. The quantitative estimate of drug-likeness (QED) is 0.339. The van der Waals surface area contributed by atoms with Crippen LogP contribution < -0.4 is 20.1 Å². The molecule has 0 spiro atoms. The van der Waals surface area contributed by atoms with Crippen LogP contribution in [0.15, 0.2) is 78.9 Å². The van der Waals surface area contributed by atoms with Crippen molar-refractivity contribution in [2.45, 2.75) is 20.0 Å². The fourth-order valence-electron chi connectivity index (χ4n) is 3.34. The van der Waals surface area contributed by atoms with Crippen LogP contribution in [0, 0.1) is 0 Å². The number of anilines is 2. The summed E-state index contributed by atoms with van der Waals surface area (Å²) in [5.74, 6) is -1.03. The molecule has 3 rings (SSSR count). The van der Waals surface area contributed by atoms with E-state index < -0.39 is 23.6 Å². The first-order chi connectivity index (χ1) is 17.2. The molecule has 6 nitrogen and oxygen atoms in total. The van der Waals surface area contributed by atoms with Gasteiger partial charge in [-0.25, -0.2) is 0 Å². The molecule has 2 N–H and O–H groups in total. The summed E-state index contributed by atoms with van der Waals surface area (Å²) >= 11 is 0. The van der Waals surface area contributed by atoms with Gasteiger partial charge in [-0.05, 0) is 31.5 Å². The zero-order valence-corrected chi connectivity index (χ0v) is 19.7. The molecule has 36 heavy (non-hydrogen) atoms. The monoisotopic (exact) mass is 498 g/mol. The molecule has 2 amide bonds. The van der Waals surface area contributed by atoms with E-state index in [-0.39, 0.29) is 41.7 Å². The highest BCUT2D eigenvalue weighted by molar-refractivity contribution is 6.07. The molecule has 0 radical (unpaired) electrons. The van der Waals surface area contributed by atoms with Crippen LogP contribution in [-0.4, -0.2) is 31.2 Å². The van der Waals surface area contributed by atoms with E-state index in [2.05, 4.69) is 10.6 Å². The van der Waals surface area contributed by atoms with E-state index in [1.54, 1.807) is 50.2 Å². The van der Waals surface area contributed by atoms with E-state index in [1.807, 2.05) is 0 Å². The third kappa shape index (κ3) is 6.88. The van der Waals surface area contributed by atoms with Crippen molar-refractivity contribution >= 4 is 28.8 Å². The predicted octanol–water partition coefficient (Wildman–Crippen LogP) is 6.32. The maximum absolute atomic E-state index is 13.7. The van der Waals surface area contributed by atoms with E-state index in [4.69, 9.17) is 9.47 Å². The number of hydrogen-bond acceptors (Lipinski definition) is 4. The number of amides is 2. The van der Waals surface area contributed by atoms with Gasteiger partial charge in [-0.2, -0.15) is 13.2 Å². The summed E-state index contributed by atoms with van der Waals surface area (Å²) < 4.78 is 52.2. The molecule has 0 saturated carbocycles. The first-order valence-corrected chi connectivity index (χ1v) is 11.2. The fraction of sp³-hybridized carbons (Fsp3) is 0.185. The number of alkyl halides is 3. The van der Waals surface area contributed by atoms with Crippen molar-refractivity contribution in [2.24, 2.45) is 0 Å². The Labute approximate surface area is 206 Å². The Morgan fingerprint density at radius 3 is 1.72 bits per heavy atom. The lowest BCUT2D eigenvalue weighted by Crippen LogP contribution is -2.17. The zero-order valence-electron chi connectivity index (χ0n) is 19.7. The van der Waals surface area contributed by atoms with Gasteiger partial charge in [0.05, 0.1) is 30.2 Å². The maximum Gasteiger partial charge on any atom is 0.417 e. The number of carbonyl (C=O) groups is 2. The molecule has 0 heterocycles. The SMILES string of the molecule is CCOc1cc(NC(=O)c2ccccc2)c(OCC)cc1NC(=O)/C=C(\c1ccccc1)C(F)(F)F. The number of nitrogens with one attached hydrogen (secondary N) is 2. The molecule has 3 aromatic carbocycles. The highest BCUT2D eigenvalue weighted by Gasteiger charge is 2.35. The topological polar surface area (TPSA) is 76.7 Å². The van der Waals surface area contributed by atoms with Crippen molar-refractivity contribution in [1.82, 2.24) is 0 Å². The second kappa shape index (κ2) is 11.9. The summed E-state index contributed by atoms with van der Waals surface area (Å²) in [6.07, 6.45) is -4.25. The molecule has 0 bridgehead atoms. The van der Waals surface area contributed by atoms with Crippen LogP contribution >= 0.6 is 0 Å². The highest BCUT2D eigenvalue weighted by atomic mass is 19.4. The van der Waals surface area contributed by atoms with Crippen molar-refractivity contribution in [3.8, 4) is 11.5 Å². The smallest absolute Gasteiger partial charge is 0.417 e. The molecule has 0 unspecified atom stereocenters. The Morgan fingerprint density at radius 1 is 0.778 bits per heavy atom. The van der Waals surface area contributed by atoms with Crippen LogP contribution in [0.25, 0.3) is 5.57 Å². The molecular weight excluding hydrogens is 473 g/mol. The zero-order chi connectivity index (χ0) is 26.1. The fourth-order valence-corrected chi connectivity index (χ4v) is 3.34. The van der Waals surface area contributed by atoms with Crippen molar-refractivity contribution in [1.29, 1.82) is 0 Å². The number of ether oxygens (including phenoxy) is 2. The molecular formula is C27H25F3N2O4. The first kappa shape index (κ1) is 26.3. The average Bonchev–Trinajstić information content (AvgIpc) is 2.85. The average molecular weight is 499 g/mol. The van der Waals surface area contributed by atoms with Crippen molar-refractivity contribution in [3.05, 3.63) is 90.0 Å². The normalized spacial score (nSPS) is 11.5. The van der Waals surface area contributed by atoms with E-state index in [0.717, 1.165) is 0 Å². The molecule has 3 aromatic rings. The standard InChI is InChI=1S/C27H25F3N2O4/c1-3-35-23-17-22(32-26(34)19-13-9-6-10-14-19)24(36-4-2)16-21(23)31-25(33)15-20(27(28,29)30)18-11-7-5-8-12-18/h5-17H,3-4H2,1-2H3,(H,31,33)(H,32,34)/b20-15+. The third-order valence-corrected chi connectivity index (χ3v) is 4.89. The van der Waals surface area contributed by atoms with E-state index in [9.17, 15) is 22.8 Å². The van der Waals surface area contributed by atoms with E-state index in [1.165, 1.54) is 36.4 Å². The second-order valence-electron chi connectivity index (χ2n) is 7.44. The van der Waals surface area contributed by atoms with E-state index in [0.29, 0.717) is 11.6 Å². The van der Waals surface area contributed by atoms with Gasteiger partial charge in [0.25, 0.3) is 5.91 Å². The van der Waals surface area contributed by atoms with Crippen LogP contribution in [0.3, 0.4) is 0 Å². The number of carbonyl (C=O) groups excluding carboxylic acids is 2. The van der Waals surface area contributed by atoms with Gasteiger partial charge in [-0.1, -0.05) is 48.5 Å². The lowest BCUT2D eigenvalue weighted by molar-refractivity contribution is -0.112. The number of allylic oxidation sites excluding steroid dienone is 1. The van der Waals surface area contributed by atoms with Gasteiger partial charge in [-0.15, -0.1) is 0 Å². The molecule has 0 aliphatic carbocycles. The summed E-state index contributed by atoms with van der Waals surface area (Å²) in [6.45, 7) is 3.88. The minimum atomic E-state index is -4.75. The summed E-state index contributed by atoms with van der Waals surface area (Å²) in [5.41, 5.74) is -0.438. The number of rotatable bonds is 9. The number of benzene rings is 3. The number of hydrogen-bond donors (Lipinski definition) is 2. The molecule has 0 aliphatic heterocycles. The summed E-state index contributed by atoms with van der Waals surface area (Å²) in [6, 6.07) is 18.4. The molecule has 0 atom stereocenters. The minimum absolute atomic E-state index is 0.0915. The Kier molecular flexibility index (Phi) is 8.72. The van der Waals surface area contributed by atoms with Crippen LogP contribution in [0.4, 0.5) is 24.5 Å². The van der Waals surface area contributed by atoms with Gasteiger partial charge < -0.3 is 20.1 Å². The number of halogens is 3. The maximum atomic E-state index is 13.7. The summed E-state index contributed by atoms with van der Waals surface area (Å²) in [4.78, 5) is 25.3. The summed E-state index contributed by atoms with van der Waals surface area (Å²) in [5, 5.41) is 5.19. The molecule has 9 heteroatoms. The largest absolute Gasteiger partial charge is 0.492 e. The van der Waals surface area contributed by atoms with Crippen LogP contribution in [-0.2, 0) is 4.79 Å². The van der Waals surface area contributed by atoms with E-state index >= 15 is 0 Å². The van der Waals surface area contributed by atoms with Gasteiger partial charge in [-0.3, -0.25) is 9.59 Å². The molecule has 188 valence electrons. The third-order valence-electron chi connectivity index (χ3n) is 4.89. The lowest BCUT2D eigenvalue weighted by atomic mass is 10.1. The summed E-state index contributed by atoms with van der Waals surface area (Å²) in [7, 11) is 0. The molecule has 0 fully saturated rings. The first-order valence-electron chi connectivity index (χ1n) is 11.2. The predicted molar refractivity (Wildman–Crippen MR) is 132 cm³/mol. The molecule has 0 aromatic heterocycles. The van der Waals surface area contributed by atoms with Gasteiger partial charge >= 0.3 is 6.18 Å². The Morgan fingerprint density at radius 2 is 1.25 bits per heavy atom. The van der Waals surface area contributed by atoms with Crippen LogP contribution in [0.2, 0.25) is 0 Å². The van der Waals surface area contributed by atoms with Crippen LogP contribution in [0.5, 0.6) is 11.5 Å². The van der Waals surface area contributed by atoms with Crippen molar-refractivity contribution < 1.29 is 32.2 Å². The van der Waals surface area contributed by atoms with Gasteiger partial charge in [0.2, 0.25) is 5.91 Å². The van der Waals surface area contributed by atoms with Gasteiger partial charge in [0.15, 0.2) is 0 Å². The van der Waals surface area contributed by atoms with Gasteiger partial charge in [0.1, 0.15) is 11.5 Å². The highest BCUT2D eigenvalue weighted by Crippen LogP contribution is 2.38. The Hall–Kier alpha value is -4.27. The molecule has 0 aliphatic rings. The van der Waals surface area contributed by atoms with Crippen molar-refractivity contribution in [3.63, 3.8) is 0 Å². The van der Waals surface area contributed by atoms with Crippen LogP contribution in [0.1, 0.15) is 29.8 Å². The minimum Gasteiger partial charge on any atom is -0.492 e. The Bertz CT molecular complexity index is 1230. The second-order valence-corrected chi connectivity index (χ2v) is 7.44. The lowest BCUT2D eigenvalue weighted by Gasteiger charge is -2.18.